The van der Waals surface area contributed by atoms with Crippen molar-refractivity contribution >= 4 is 17.3 Å². The number of rotatable bonds is 3. The van der Waals surface area contributed by atoms with E-state index >= 15 is 0 Å². The third-order valence-electron chi connectivity index (χ3n) is 2.93. The second kappa shape index (κ2) is 5.46. The molecule has 0 spiro atoms. The molecule has 0 fully saturated rings. The summed E-state index contributed by atoms with van der Waals surface area (Å²) in [4.78, 5) is 16.1. The lowest BCUT2D eigenvalue weighted by atomic mass is 10.2. The number of hydrogen-bond donors (Lipinski definition) is 2. The lowest BCUT2D eigenvalue weighted by Crippen LogP contribution is -2.15. The van der Waals surface area contributed by atoms with Crippen molar-refractivity contribution in [2.24, 2.45) is 0 Å². The fourth-order valence-corrected chi connectivity index (χ4v) is 1.95. The molecule has 1 aromatic carbocycles. The van der Waals surface area contributed by atoms with E-state index in [0.29, 0.717) is 11.4 Å². The summed E-state index contributed by atoms with van der Waals surface area (Å²) in [5, 5.41) is 6.93. The molecule has 6 heteroatoms. The van der Waals surface area contributed by atoms with Crippen LogP contribution in [0.25, 0.3) is 5.69 Å². The Hall–Kier alpha value is -3.15. The maximum Gasteiger partial charge on any atom is 0.276 e. The van der Waals surface area contributed by atoms with Crippen LogP contribution >= 0.6 is 0 Å². The molecule has 1 amide bonds. The van der Waals surface area contributed by atoms with Gasteiger partial charge < -0.3 is 11.1 Å². The first kappa shape index (κ1) is 12.9. The average Bonchev–Trinajstić information content (AvgIpc) is 3.02. The molecule has 2 aromatic heterocycles. The number of carbonyl (C=O) groups excluding carboxylic acids is 1. The molecule has 0 saturated carbocycles. The molecule has 3 N–H and O–H groups in total. The third kappa shape index (κ3) is 2.74. The van der Waals surface area contributed by atoms with Crippen LogP contribution in [-0.2, 0) is 0 Å². The summed E-state index contributed by atoms with van der Waals surface area (Å²) >= 11 is 0. The highest BCUT2D eigenvalue weighted by Gasteiger charge is 2.11. The van der Waals surface area contributed by atoms with Crippen molar-refractivity contribution in [3.05, 3.63) is 66.7 Å². The Kier molecular flexibility index (Phi) is 3.34. The van der Waals surface area contributed by atoms with Gasteiger partial charge in [-0.1, -0.05) is 6.07 Å². The fraction of sp³-hybridized carbons (Fsp3) is 0. The Morgan fingerprint density at radius 3 is 2.81 bits per heavy atom. The van der Waals surface area contributed by atoms with Crippen LogP contribution in [0.15, 0.2) is 61.1 Å². The molecule has 0 unspecified atom stereocenters. The number of nitrogens with zero attached hydrogens (tertiary/aromatic N) is 3. The number of pyridine rings is 1. The number of benzene rings is 1. The summed E-state index contributed by atoms with van der Waals surface area (Å²) in [6.07, 6.45) is 5.06. The van der Waals surface area contributed by atoms with Crippen LogP contribution in [0.1, 0.15) is 10.5 Å². The van der Waals surface area contributed by atoms with Gasteiger partial charge in [-0.25, -0.2) is 9.67 Å². The summed E-state index contributed by atoms with van der Waals surface area (Å²) in [5.74, 6) is -0.342. The molecule has 0 radical (unpaired) electrons. The second-order valence-corrected chi connectivity index (χ2v) is 4.40. The third-order valence-corrected chi connectivity index (χ3v) is 2.93. The van der Waals surface area contributed by atoms with Crippen LogP contribution in [0.2, 0.25) is 0 Å². The Morgan fingerprint density at radius 1 is 1.14 bits per heavy atom. The van der Waals surface area contributed by atoms with Crippen molar-refractivity contribution in [2.75, 3.05) is 11.1 Å². The van der Waals surface area contributed by atoms with Gasteiger partial charge >= 0.3 is 0 Å². The lowest BCUT2D eigenvalue weighted by molar-refractivity contribution is 0.102. The first-order chi connectivity index (χ1) is 10.2. The van der Waals surface area contributed by atoms with E-state index in [1.807, 2.05) is 30.5 Å². The van der Waals surface area contributed by atoms with E-state index in [4.69, 9.17) is 5.73 Å². The van der Waals surface area contributed by atoms with Crippen molar-refractivity contribution in [1.82, 2.24) is 14.8 Å². The van der Waals surface area contributed by atoms with E-state index in [0.717, 1.165) is 5.69 Å². The van der Waals surface area contributed by atoms with Crippen molar-refractivity contribution in [1.29, 1.82) is 0 Å². The normalized spacial score (nSPS) is 10.3. The molecule has 3 rings (SSSR count). The van der Waals surface area contributed by atoms with Crippen LogP contribution < -0.4 is 11.1 Å². The zero-order valence-electron chi connectivity index (χ0n) is 11.1. The minimum absolute atomic E-state index is 0.210. The van der Waals surface area contributed by atoms with Crippen molar-refractivity contribution in [3.63, 3.8) is 0 Å². The first-order valence-electron chi connectivity index (χ1n) is 6.36. The van der Waals surface area contributed by atoms with Crippen LogP contribution in [0.3, 0.4) is 0 Å². The summed E-state index contributed by atoms with van der Waals surface area (Å²) in [6.45, 7) is 0. The van der Waals surface area contributed by atoms with E-state index in [1.165, 1.54) is 6.20 Å². The fourth-order valence-electron chi connectivity index (χ4n) is 1.95. The smallest absolute Gasteiger partial charge is 0.276 e. The van der Waals surface area contributed by atoms with Gasteiger partial charge in [0.05, 0.1) is 11.4 Å². The molecule has 21 heavy (non-hydrogen) atoms. The molecule has 0 aliphatic heterocycles. The highest BCUT2D eigenvalue weighted by molar-refractivity contribution is 6.06. The van der Waals surface area contributed by atoms with Gasteiger partial charge in [0.25, 0.3) is 5.91 Å². The molecular weight excluding hydrogens is 266 g/mol. The number of amides is 1. The molecule has 104 valence electrons. The number of aromatic nitrogens is 3. The number of nitrogen functional groups attached to an aromatic ring is 1. The van der Waals surface area contributed by atoms with E-state index in [9.17, 15) is 4.79 Å². The number of hydrogen-bond acceptors (Lipinski definition) is 4. The Bertz CT molecular complexity index is 767. The largest absolute Gasteiger partial charge is 0.397 e. The lowest BCUT2D eigenvalue weighted by Gasteiger charge is -2.08. The monoisotopic (exact) mass is 279 g/mol. The predicted molar refractivity (Wildman–Crippen MR) is 80.2 cm³/mol. The molecule has 0 bridgehead atoms. The number of carbonyl (C=O) groups is 1. The topological polar surface area (TPSA) is 85.8 Å². The minimum atomic E-state index is -0.342. The second-order valence-electron chi connectivity index (χ2n) is 4.40. The predicted octanol–water partition coefficient (Wildman–Crippen LogP) is 2.10. The van der Waals surface area contributed by atoms with Crippen molar-refractivity contribution < 1.29 is 4.79 Å². The van der Waals surface area contributed by atoms with Gasteiger partial charge in [-0.15, -0.1) is 0 Å². The van der Waals surface area contributed by atoms with Crippen LogP contribution in [0.4, 0.5) is 11.4 Å². The number of nitrogens with one attached hydrogen (secondary N) is 1. The SMILES string of the molecule is Nc1cccnc1C(=O)Nc1cccc(-n2cccn2)c1. The van der Waals surface area contributed by atoms with Gasteiger partial charge in [0.1, 0.15) is 0 Å². The highest BCUT2D eigenvalue weighted by atomic mass is 16.1. The molecule has 2 heterocycles. The first-order valence-corrected chi connectivity index (χ1v) is 6.36. The van der Waals surface area contributed by atoms with Gasteiger partial charge in [0.2, 0.25) is 0 Å². The molecule has 0 saturated heterocycles. The van der Waals surface area contributed by atoms with Crippen molar-refractivity contribution in [3.8, 4) is 5.69 Å². The summed E-state index contributed by atoms with van der Waals surface area (Å²) in [6, 6.07) is 12.5. The Balaban J connectivity index is 1.84. The van der Waals surface area contributed by atoms with Gasteiger partial charge in [-0.2, -0.15) is 5.10 Å². The van der Waals surface area contributed by atoms with Gasteiger partial charge in [0.15, 0.2) is 5.69 Å². The molecule has 6 nitrogen and oxygen atoms in total. The maximum absolute atomic E-state index is 12.2. The van der Waals surface area contributed by atoms with Crippen LogP contribution in [0.5, 0.6) is 0 Å². The number of nitrogens with two attached hydrogens (primary N) is 1. The van der Waals surface area contributed by atoms with Gasteiger partial charge in [0, 0.05) is 24.3 Å². The van der Waals surface area contributed by atoms with Crippen LogP contribution in [-0.4, -0.2) is 20.7 Å². The molecule has 3 aromatic rings. The molecule has 0 atom stereocenters. The molecule has 0 aliphatic rings. The quantitative estimate of drug-likeness (QED) is 0.768. The van der Waals surface area contributed by atoms with Gasteiger partial charge in [-0.3, -0.25) is 4.79 Å². The molecular formula is C15H13N5O. The minimum Gasteiger partial charge on any atom is -0.397 e. The zero-order chi connectivity index (χ0) is 14.7. The average molecular weight is 279 g/mol. The van der Waals surface area contributed by atoms with Crippen molar-refractivity contribution in [2.45, 2.75) is 0 Å². The highest BCUT2D eigenvalue weighted by Crippen LogP contribution is 2.16. The van der Waals surface area contributed by atoms with E-state index in [2.05, 4.69) is 15.4 Å². The van der Waals surface area contributed by atoms with E-state index < -0.39 is 0 Å². The van der Waals surface area contributed by atoms with E-state index in [-0.39, 0.29) is 11.6 Å². The number of anilines is 2. The maximum atomic E-state index is 12.2. The van der Waals surface area contributed by atoms with E-state index in [1.54, 1.807) is 29.1 Å². The molecule has 0 aliphatic carbocycles. The Morgan fingerprint density at radius 2 is 2.05 bits per heavy atom. The standard InChI is InChI=1S/C15H13N5O/c16-13-6-2-7-17-14(13)15(21)19-11-4-1-5-12(10-11)20-9-3-8-18-20/h1-10H,16H2,(H,19,21). The zero-order valence-corrected chi connectivity index (χ0v) is 11.1. The summed E-state index contributed by atoms with van der Waals surface area (Å²) < 4.78 is 1.71. The Labute approximate surface area is 121 Å². The van der Waals surface area contributed by atoms with Gasteiger partial charge in [-0.05, 0) is 36.4 Å². The summed E-state index contributed by atoms with van der Waals surface area (Å²) in [7, 11) is 0. The van der Waals surface area contributed by atoms with Crippen LogP contribution in [0, 0.1) is 0 Å². The summed E-state index contributed by atoms with van der Waals surface area (Å²) in [5.41, 5.74) is 7.80.